The third kappa shape index (κ3) is 2.20. The summed E-state index contributed by atoms with van der Waals surface area (Å²) in [6.07, 6.45) is 0. The molecule has 2 aromatic rings. The summed E-state index contributed by atoms with van der Waals surface area (Å²) in [6.45, 7) is 0. The number of esters is 1. The van der Waals surface area contributed by atoms with Crippen LogP contribution in [0.1, 0.15) is 21.4 Å². The van der Waals surface area contributed by atoms with Crippen LogP contribution in [0.15, 0.2) is 47.4 Å². The maximum atomic E-state index is 12.0. The first-order valence-electron chi connectivity index (χ1n) is 6.02. The number of carbonyl (C=O) groups excluding carboxylic acids is 1. The van der Waals surface area contributed by atoms with Crippen molar-refractivity contribution in [3.8, 4) is 11.5 Å². The van der Waals surface area contributed by atoms with Crippen LogP contribution in [0.3, 0.4) is 0 Å². The van der Waals surface area contributed by atoms with Crippen molar-refractivity contribution in [3.05, 3.63) is 53.6 Å². The average molecular weight is 288 g/mol. The second kappa shape index (κ2) is 5.09. The third-order valence-electron chi connectivity index (χ3n) is 3.03. The minimum absolute atomic E-state index is 0.0591. The van der Waals surface area contributed by atoms with E-state index in [0.717, 1.165) is 10.5 Å². The molecule has 20 heavy (non-hydrogen) atoms. The molecule has 0 aromatic heterocycles. The van der Waals surface area contributed by atoms with E-state index in [-0.39, 0.29) is 11.7 Å². The molecule has 2 aromatic carbocycles. The van der Waals surface area contributed by atoms with E-state index in [0.29, 0.717) is 11.3 Å². The Hall–Kier alpha value is -2.14. The Morgan fingerprint density at radius 3 is 2.85 bits per heavy atom. The third-order valence-corrected chi connectivity index (χ3v) is 4.22. The summed E-state index contributed by atoms with van der Waals surface area (Å²) in [4.78, 5) is 12.9. The first kappa shape index (κ1) is 12.9. The zero-order valence-corrected chi connectivity index (χ0v) is 11.5. The van der Waals surface area contributed by atoms with Gasteiger partial charge in [-0.2, -0.15) is 0 Å². The largest absolute Gasteiger partial charge is 0.504 e. The van der Waals surface area contributed by atoms with Crippen molar-refractivity contribution in [3.63, 3.8) is 0 Å². The number of carbonyl (C=O) groups is 1. The van der Waals surface area contributed by atoms with Crippen molar-refractivity contribution in [2.75, 3.05) is 7.11 Å². The lowest BCUT2D eigenvalue weighted by molar-refractivity contribution is 0.0439. The zero-order chi connectivity index (χ0) is 14.1. The van der Waals surface area contributed by atoms with Crippen molar-refractivity contribution in [2.24, 2.45) is 0 Å². The van der Waals surface area contributed by atoms with Gasteiger partial charge >= 0.3 is 5.97 Å². The van der Waals surface area contributed by atoms with Crippen LogP contribution in [0.4, 0.5) is 0 Å². The maximum absolute atomic E-state index is 12.0. The van der Waals surface area contributed by atoms with Crippen molar-refractivity contribution in [1.82, 2.24) is 0 Å². The van der Waals surface area contributed by atoms with Gasteiger partial charge in [-0.3, -0.25) is 0 Å². The van der Waals surface area contributed by atoms with Crippen LogP contribution in [-0.4, -0.2) is 18.2 Å². The number of cyclic esters (lactones) is 1. The van der Waals surface area contributed by atoms with Gasteiger partial charge in [0, 0.05) is 10.5 Å². The van der Waals surface area contributed by atoms with Gasteiger partial charge in [0.25, 0.3) is 0 Å². The Kier molecular flexibility index (Phi) is 3.28. The molecular weight excluding hydrogens is 276 g/mol. The van der Waals surface area contributed by atoms with E-state index in [1.165, 1.54) is 24.9 Å². The number of hydrogen-bond acceptors (Lipinski definition) is 5. The fourth-order valence-corrected chi connectivity index (χ4v) is 3.10. The first-order valence-corrected chi connectivity index (χ1v) is 6.90. The van der Waals surface area contributed by atoms with Gasteiger partial charge in [0.2, 0.25) is 0 Å². The molecule has 0 radical (unpaired) electrons. The monoisotopic (exact) mass is 288 g/mol. The highest BCUT2D eigenvalue weighted by molar-refractivity contribution is 7.99. The summed E-state index contributed by atoms with van der Waals surface area (Å²) in [6, 6.07) is 12.3. The predicted molar refractivity (Wildman–Crippen MR) is 75.1 cm³/mol. The molecule has 0 saturated heterocycles. The number of rotatable bonds is 2. The second-order valence-electron chi connectivity index (χ2n) is 4.28. The molecule has 0 aliphatic carbocycles. The molecule has 0 saturated carbocycles. The molecule has 1 heterocycles. The number of ether oxygens (including phenoxy) is 2. The zero-order valence-electron chi connectivity index (χ0n) is 10.7. The number of aromatic hydroxyl groups is 1. The van der Waals surface area contributed by atoms with Crippen LogP contribution in [0, 0.1) is 0 Å². The topological polar surface area (TPSA) is 55.8 Å². The van der Waals surface area contributed by atoms with Gasteiger partial charge in [-0.05, 0) is 24.3 Å². The Bertz CT molecular complexity index is 669. The summed E-state index contributed by atoms with van der Waals surface area (Å²) in [7, 11) is 1.48. The maximum Gasteiger partial charge on any atom is 0.340 e. The molecule has 0 bridgehead atoms. The molecule has 1 N–H and O–H groups in total. The SMILES string of the molecule is COc1cc(C2OC(=O)c3ccccc3S2)ccc1O. The fraction of sp³-hybridized carbons (Fsp3) is 0.133. The van der Waals surface area contributed by atoms with Gasteiger partial charge in [-0.15, -0.1) is 0 Å². The Morgan fingerprint density at radius 2 is 2.05 bits per heavy atom. The van der Waals surface area contributed by atoms with E-state index in [1.54, 1.807) is 18.2 Å². The van der Waals surface area contributed by atoms with E-state index in [9.17, 15) is 9.90 Å². The van der Waals surface area contributed by atoms with E-state index >= 15 is 0 Å². The highest BCUT2D eigenvalue weighted by Gasteiger charge is 2.28. The number of methoxy groups -OCH3 is 1. The number of fused-ring (bicyclic) bond motifs is 1. The van der Waals surface area contributed by atoms with Gasteiger partial charge in [-0.25, -0.2) is 4.79 Å². The molecular formula is C15H12O4S. The number of phenols is 1. The summed E-state index contributed by atoms with van der Waals surface area (Å²) in [5.74, 6) is 0.0817. The quantitative estimate of drug-likeness (QED) is 0.859. The van der Waals surface area contributed by atoms with Crippen LogP contribution in [0.5, 0.6) is 11.5 Å². The molecule has 1 atom stereocenters. The molecule has 0 spiro atoms. The fourth-order valence-electron chi connectivity index (χ4n) is 2.02. The van der Waals surface area contributed by atoms with Crippen LogP contribution in [0.25, 0.3) is 0 Å². The first-order chi connectivity index (χ1) is 9.69. The standard InChI is InChI=1S/C15H12O4S/c1-18-12-8-9(6-7-11(12)16)15-19-14(17)10-4-2-3-5-13(10)20-15/h2-8,15-16H,1H3. The average Bonchev–Trinajstić information content (AvgIpc) is 2.47. The summed E-state index contributed by atoms with van der Waals surface area (Å²) in [5, 5.41) is 9.60. The van der Waals surface area contributed by atoms with E-state index in [4.69, 9.17) is 9.47 Å². The van der Waals surface area contributed by atoms with Crippen molar-refractivity contribution in [1.29, 1.82) is 0 Å². The highest BCUT2D eigenvalue weighted by Crippen LogP contribution is 2.44. The lowest BCUT2D eigenvalue weighted by Gasteiger charge is -2.24. The second-order valence-corrected chi connectivity index (χ2v) is 5.39. The number of hydrogen-bond donors (Lipinski definition) is 1. The molecule has 1 aliphatic heterocycles. The lowest BCUT2D eigenvalue weighted by atomic mass is 10.2. The Labute approximate surface area is 120 Å². The van der Waals surface area contributed by atoms with Crippen LogP contribution in [0.2, 0.25) is 0 Å². The molecule has 0 fully saturated rings. The van der Waals surface area contributed by atoms with Crippen molar-refractivity contribution < 1.29 is 19.4 Å². The summed E-state index contributed by atoms with van der Waals surface area (Å²) in [5.41, 5.74) is 0.916. The molecule has 1 unspecified atom stereocenters. The smallest absolute Gasteiger partial charge is 0.340 e. The summed E-state index contributed by atoms with van der Waals surface area (Å²) >= 11 is 1.46. The normalized spacial score (nSPS) is 17.2. The van der Waals surface area contributed by atoms with Gasteiger partial charge in [0.15, 0.2) is 16.9 Å². The van der Waals surface area contributed by atoms with E-state index in [2.05, 4.69) is 0 Å². The molecule has 3 rings (SSSR count). The van der Waals surface area contributed by atoms with Crippen molar-refractivity contribution >= 4 is 17.7 Å². The number of benzene rings is 2. The minimum atomic E-state index is -0.438. The molecule has 1 aliphatic rings. The Morgan fingerprint density at radius 1 is 1.25 bits per heavy atom. The minimum Gasteiger partial charge on any atom is -0.504 e. The number of phenolic OH excluding ortho intramolecular Hbond substituents is 1. The number of thioether (sulfide) groups is 1. The predicted octanol–water partition coefficient (Wildman–Crippen LogP) is 3.36. The molecule has 102 valence electrons. The molecule has 4 nitrogen and oxygen atoms in total. The van der Waals surface area contributed by atoms with Gasteiger partial charge in [0.1, 0.15) is 0 Å². The van der Waals surface area contributed by atoms with Gasteiger partial charge < -0.3 is 14.6 Å². The van der Waals surface area contributed by atoms with E-state index in [1.807, 2.05) is 18.2 Å². The van der Waals surface area contributed by atoms with Gasteiger partial charge in [-0.1, -0.05) is 30.0 Å². The van der Waals surface area contributed by atoms with E-state index < -0.39 is 5.44 Å². The molecule has 0 amide bonds. The van der Waals surface area contributed by atoms with Crippen LogP contribution in [-0.2, 0) is 4.74 Å². The Balaban J connectivity index is 1.95. The van der Waals surface area contributed by atoms with Gasteiger partial charge in [0.05, 0.1) is 12.7 Å². The van der Waals surface area contributed by atoms with Crippen LogP contribution < -0.4 is 4.74 Å². The molecule has 5 heteroatoms. The van der Waals surface area contributed by atoms with Crippen molar-refractivity contribution in [2.45, 2.75) is 10.3 Å². The van der Waals surface area contributed by atoms with Crippen LogP contribution >= 0.6 is 11.8 Å². The summed E-state index contributed by atoms with van der Waals surface area (Å²) < 4.78 is 10.5. The lowest BCUT2D eigenvalue weighted by Crippen LogP contribution is -2.15. The highest BCUT2D eigenvalue weighted by atomic mass is 32.2.